The summed E-state index contributed by atoms with van der Waals surface area (Å²) in [5.74, 6) is 1.65. The molecule has 0 fully saturated rings. The fourth-order valence-corrected chi connectivity index (χ4v) is 7.87. The molecule has 0 radical (unpaired) electrons. The monoisotopic (exact) mass is 655 g/mol. The zero-order valence-electron chi connectivity index (χ0n) is 27.4. The van der Waals surface area contributed by atoms with E-state index in [0.717, 1.165) is 101 Å². The van der Waals surface area contributed by atoms with Crippen LogP contribution in [-0.4, -0.2) is 0 Å². The number of nitrogens with zero attached hydrogens (tertiary/aromatic N) is 2. The number of fused-ring (bicyclic) bond motifs is 5. The number of nitrogens with one attached hydrogen (secondary N) is 1. The van der Waals surface area contributed by atoms with Gasteiger partial charge in [-0.1, -0.05) is 84.9 Å². The summed E-state index contributed by atoms with van der Waals surface area (Å²) in [5.41, 5.74) is 12.1. The molecule has 3 heterocycles. The third-order valence-corrected chi connectivity index (χ3v) is 10.1. The first-order valence-corrected chi connectivity index (χ1v) is 17.2. The van der Waals surface area contributed by atoms with Gasteiger partial charge < -0.3 is 24.3 Å². The average molecular weight is 656 g/mol. The van der Waals surface area contributed by atoms with Gasteiger partial charge in [0.2, 0.25) is 0 Å². The van der Waals surface area contributed by atoms with Crippen molar-refractivity contribution >= 4 is 78.2 Å². The van der Waals surface area contributed by atoms with E-state index in [1.807, 2.05) is 12.1 Å². The van der Waals surface area contributed by atoms with Crippen LogP contribution in [0.4, 0.5) is 45.5 Å². The summed E-state index contributed by atoms with van der Waals surface area (Å²) in [7, 11) is 0. The van der Waals surface area contributed by atoms with Crippen LogP contribution < -0.4 is 19.9 Å². The molecule has 0 spiro atoms. The van der Waals surface area contributed by atoms with Gasteiger partial charge in [0.1, 0.15) is 11.2 Å². The van der Waals surface area contributed by atoms with Gasteiger partial charge in [-0.05, 0) is 95.9 Å². The summed E-state index contributed by atoms with van der Waals surface area (Å²) in [6.45, 7) is 0. The van der Waals surface area contributed by atoms with Crippen LogP contribution in [0.5, 0.6) is 11.5 Å². The van der Waals surface area contributed by atoms with Crippen molar-refractivity contribution in [3.8, 4) is 22.6 Å². The summed E-state index contributed by atoms with van der Waals surface area (Å²) in [4.78, 5) is 4.65. The molecule has 0 aliphatic carbocycles. The van der Waals surface area contributed by atoms with Crippen molar-refractivity contribution in [3.63, 3.8) is 0 Å². The van der Waals surface area contributed by atoms with Gasteiger partial charge in [-0.3, -0.25) is 0 Å². The first-order valence-electron chi connectivity index (χ1n) is 17.2. The number of hydrogen-bond donors (Lipinski definition) is 1. The van der Waals surface area contributed by atoms with Gasteiger partial charge in [0.25, 0.3) is 0 Å². The smallest absolute Gasteiger partial charge is 0.174 e. The van der Waals surface area contributed by atoms with Gasteiger partial charge in [-0.25, -0.2) is 0 Å². The Balaban J connectivity index is 1.21. The molecule has 51 heavy (non-hydrogen) atoms. The standard InChI is InChI=1S/C46H29N3O2/c1-3-12-30(13-4-1)48(32-23-25-43-36(27-32)35-17-8-10-21-42(35)50-43)33-26-29-22-24-41-46-44(29)37(28-33)34-16-7-9-18-38(34)47-39-19-11-20-40(45(39)51-46)49(41)31-14-5-2-6-15-31/h1-28,47H. The predicted molar refractivity (Wildman–Crippen MR) is 209 cm³/mol. The van der Waals surface area contributed by atoms with E-state index in [1.165, 1.54) is 0 Å². The second-order valence-corrected chi connectivity index (χ2v) is 13.1. The van der Waals surface area contributed by atoms with Crippen LogP contribution in [0.2, 0.25) is 0 Å². The SMILES string of the molecule is c1ccc(N(c2cc3c4c5c(ccc4c2)N(c2ccccc2)c2cccc(c2O5)Nc2ccccc2-3)c2ccc3oc4ccccc4c3c2)cc1. The summed E-state index contributed by atoms with van der Waals surface area (Å²) in [5, 5.41) is 8.11. The Hall–Kier alpha value is -6.98. The number of anilines is 8. The third-order valence-electron chi connectivity index (χ3n) is 10.1. The first kappa shape index (κ1) is 27.9. The van der Waals surface area contributed by atoms with E-state index in [1.54, 1.807) is 0 Å². The molecule has 5 heteroatoms. The molecule has 11 rings (SSSR count). The van der Waals surface area contributed by atoms with Crippen molar-refractivity contribution in [2.75, 3.05) is 15.1 Å². The van der Waals surface area contributed by atoms with Crippen LogP contribution in [0.15, 0.2) is 174 Å². The highest BCUT2D eigenvalue weighted by molar-refractivity contribution is 6.12. The maximum Gasteiger partial charge on any atom is 0.174 e. The number of furan rings is 1. The Labute approximate surface area is 294 Å². The van der Waals surface area contributed by atoms with Crippen molar-refractivity contribution in [1.82, 2.24) is 0 Å². The number of rotatable bonds is 4. The molecular weight excluding hydrogens is 627 g/mol. The summed E-state index contributed by atoms with van der Waals surface area (Å²) in [6.07, 6.45) is 0. The molecule has 0 atom stereocenters. The average Bonchev–Trinajstić information content (AvgIpc) is 3.58. The second-order valence-electron chi connectivity index (χ2n) is 13.1. The molecule has 240 valence electrons. The van der Waals surface area contributed by atoms with Crippen LogP contribution in [0.1, 0.15) is 0 Å². The molecule has 9 aromatic rings. The largest absolute Gasteiger partial charge is 0.456 e. The molecular formula is C46H29N3O2. The molecule has 0 unspecified atom stereocenters. The molecule has 0 amide bonds. The Morgan fingerprint density at radius 2 is 1.22 bits per heavy atom. The maximum atomic E-state index is 7.04. The lowest BCUT2D eigenvalue weighted by molar-refractivity contribution is 0.485. The summed E-state index contributed by atoms with van der Waals surface area (Å²) >= 11 is 0. The van der Waals surface area contributed by atoms with Crippen LogP contribution in [0.25, 0.3) is 43.8 Å². The Bertz CT molecular complexity index is 2830. The minimum atomic E-state index is 0.805. The topological polar surface area (TPSA) is 40.9 Å². The Kier molecular flexibility index (Phi) is 5.89. The fourth-order valence-electron chi connectivity index (χ4n) is 7.87. The molecule has 0 saturated heterocycles. The van der Waals surface area contributed by atoms with Crippen LogP contribution in [0.3, 0.4) is 0 Å². The third kappa shape index (κ3) is 4.22. The van der Waals surface area contributed by atoms with E-state index < -0.39 is 0 Å². The molecule has 2 bridgehead atoms. The predicted octanol–water partition coefficient (Wildman–Crippen LogP) is 13.5. The number of para-hydroxylation sites is 5. The number of benzene rings is 8. The van der Waals surface area contributed by atoms with Gasteiger partial charge in [-0.15, -0.1) is 0 Å². The number of hydrogen-bond acceptors (Lipinski definition) is 5. The zero-order chi connectivity index (χ0) is 33.5. The zero-order valence-corrected chi connectivity index (χ0v) is 27.4. The van der Waals surface area contributed by atoms with E-state index in [2.05, 4.69) is 173 Å². The van der Waals surface area contributed by atoms with E-state index in [9.17, 15) is 0 Å². The Morgan fingerprint density at radius 1 is 0.471 bits per heavy atom. The highest BCUT2D eigenvalue weighted by Crippen LogP contribution is 2.58. The van der Waals surface area contributed by atoms with Gasteiger partial charge in [0.05, 0.1) is 17.1 Å². The second kappa shape index (κ2) is 10.8. The highest BCUT2D eigenvalue weighted by atomic mass is 16.5. The molecule has 1 aromatic heterocycles. The van der Waals surface area contributed by atoms with Crippen molar-refractivity contribution in [3.05, 3.63) is 170 Å². The normalized spacial score (nSPS) is 12.6. The number of ether oxygens (including phenoxy) is 1. The minimum Gasteiger partial charge on any atom is -0.456 e. The lowest BCUT2D eigenvalue weighted by atomic mass is 9.93. The molecule has 2 aliphatic heterocycles. The molecule has 1 N–H and O–H groups in total. The first-order chi connectivity index (χ1) is 25.3. The minimum absolute atomic E-state index is 0.805. The van der Waals surface area contributed by atoms with Gasteiger partial charge in [0.15, 0.2) is 11.5 Å². The highest BCUT2D eigenvalue weighted by Gasteiger charge is 2.32. The quantitative estimate of drug-likeness (QED) is 0.204. The van der Waals surface area contributed by atoms with Crippen LogP contribution in [0, 0.1) is 0 Å². The molecule has 8 aromatic carbocycles. The molecule has 0 saturated carbocycles. The van der Waals surface area contributed by atoms with Crippen LogP contribution in [-0.2, 0) is 0 Å². The molecule has 2 aliphatic rings. The van der Waals surface area contributed by atoms with Gasteiger partial charge >= 0.3 is 0 Å². The maximum absolute atomic E-state index is 7.04. The van der Waals surface area contributed by atoms with Crippen LogP contribution >= 0.6 is 0 Å². The van der Waals surface area contributed by atoms with E-state index in [0.29, 0.717) is 0 Å². The van der Waals surface area contributed by atoms with Gasteiger partial charge in [-0.2, -0.15) is 0 Å². The van der Waals surface area contributed by atoms with E-state index in [4.69, 9.17) is 9.15 Å². The van der Waals surface area contributed by atoms with Crippen molar-refractivity contribution < 1.29 is 9.15 Å². The van der Waals surface area contributed by atoms with Gasteiger partial charge in [0, 0.05) is 50.2 Å². The summed E-state index contributed by atoms with van der Waals surface area (Å²) < 4.78 is 13.3. The Morgan fingerprint density at radius 3 is 2.12 bits per heavy atom. The lowest BCUT2D eigenvalue weighted by Gasteiger charge is -2.34. The van der Waals surface area contributed by atoms with E-state index in [-0.39, 0.29) is 0 Å². The lowest BCUT2D eigenvalue weighted by Crippen LogP contribution is -2.16. The summed E-state index contributed by atoms with van der Waals surface area (Å²) in [6, 6.07) is 59.7. The van der Waals surface area contributed by atoms with Crippen molar-refractivity contribution in [1.29, 1.82) is 0 Å². The molecule has 5 nitrogen and oxygen atoms in total. The fraction of sp³-hybridized carbons (Fsp3) is 0. The van der Waals surface area contributed by atoms with Crippen molar-refractivity contribution in [2.45, 2.75) is 0 Å². The van der Waals surface area contributed by atoms with Crippen molar-refractivity contribution in [2.24, 2.45) is 0 Å². The van der Waals surface area contributed by atoms with E-state index >= 15 is 0 Å².